The first-order chi connectivity index (χ1) is 12.7. The largest absolute Gasteiger partial charge is 0.497 e. The number of carboxylic acids is 2. The van der Waals surface area contributed by atoms with Gasteiger partial charge in [-0.25, -0.2) is 8.42 Å². The molecular weight excluding hydrogens is 374 g/mol. The molecule has 0 amide bonds. The molecule has 144 valence electrons. The topological polar surface area (TPSA) is 130 Å². The Morgan fingerprint density at radius 3 is 2.07 bits per heavy atom. The average Bonchev–Trinajstić information content (AvgIpc) is 2.65. The Hall–Kier alpha value is -2.91. The zero-order valence-corrected chi connectivity index (χ0v) is 15.2. The number of hydrogen-bond acceptors (Lipinski definition) is 5. The van der Waals surface area contributed by atoms with E-state index in [1.54, 1.807) is 30.3 Å². The smallest absolute Gasteiger partial charge is 0.322 e. The highest BCUT2D eigenvalue weighted by atomic mass is 32.2. The molecule has 0 saturated carbocycles. The molecule has 2 aromatic rings. The molecule has 0 heterocycles. The molecule has 0 spiro atoms. The third kappa shape index (κ3) is 5.28. The highest BCUT2D eigenvalue weighted by molar-refractivity contribution is 7.89. The summed E-state index contributed by atoms with van der Waals surface area (Å²) in [6, 6.07) is 11.9. The second kappa shape index (κ2) is 8.65. The first kappa shape index (κ1) is 20.4. The summed E-state index contributed by atoms with van der Waals surface area (Å²) in [7, 11) is -2.83. The van der Waals surface area contributed by atoms with E-state index in [0.29, 0.717) is 11.3 Å². The summed E-state index contributed by atoms with van der Waals surface area (Å²) in [6.07, 6.45) is -0.141. The number of sulfonamides is 1. The van der Waals surface area contributed by atoms with Gasteiger partial charge in [0.15, 0.2) is 0 Å². The fourth-order valence-electron chi connectivity index (χ4n) is 2.51. The molecule has 27 heavy (non-hydrogen) atoms. The van der Waals surface area contributed by atoms with E-state index >= 15 is 0 Å². The molecule has 1 unspecified atom stereocenters. The molecule has 0 saturated heterocycles. The molecule has 0 radical (unpaired) electrons. The fourth-order valence-corrected chi connectivity index (χ4v) is 3.74. The molecule has 0 aliphatic rings. The van der Waals surface area contributed by atoms with Gasteiger partial charge in [-0.05, 0) is 36.2 Å². The van der Waals surface area contributed by atoms with Crippen molar-refractivity contribution in [1.29, 1.82) is 0 Å². The summed E-state index contributed by atoms with van der Waals surface area (Å²) in [5.74, 6) is -4.05. The van der Waals surface area contributed by atoms with E-state index in [1.807, 2.05) is 4.72 Å². The first-order valence-corrected chi connectivity index (χ1v) is 9.39. The Balaban J connectivity index is 2.30. The van der Waals surface area contributed by atoms with E-state index in [-0.39, 0.29) is 11.3 Å². The van der Waals surface area contributed by atoms with Gasteiger partial charge in [0.25, 0.3) is 0 Å². The van der Waals surface area contributed by atoms with Crippen molar-refractivity contribution in [3.63, 3.8) is 0 Å². The van der Waals surface area contributed by atoms with Crippen LogP contribution in [0.2, 0.25) is 0 Å². The van der Waals surface area contributed by atoms with Crippen LogP contribution in [0.3, 0.4) is 0 Å². The summed E-state index contributed by atoms with van der Waals surface area (Å²) in [5.41, 5.74) is 0.583. The predicted octanol–water partition coefficient (Wildman–Crippen LogP) is 1.37. The maximum atomic E-state index is 12.5. The molecule has 0 aliphatic heterocycles. The van der Waals surface area contributed by atoms with Crippen molar-refractivity contribution >= 4 is 22.0 Å². The van der Waals surface area contributed by atoms with E-state index in [0.717, 1.165) is 0 Å². The SMILES string of the molecule is COc1ccc(S(=O)(=O)N[C@H](C(=O)O)C(Cc2ccccc2)C(=O)O)cc1. The van der Waals surface area contributed by atoms with E-state index in [4.69, 9.17) is 4.74 Å². The molecule has 2 rings (SSSR count). The summed E-state index contributed by atoms with van der Waals surface area (Å²) < 4.78 is 32.0. The molecule has 0 bridgehead atoms. The maximum absolute atomic E-state index is 12.5. The molecule has 8 nitrogen and oxygen atoms in total. The highest BCUT2D eigenvalue weighted by Crippen LogP contribution is 2.19. The van der Waals surface area contributed by atoms with Gasteiger partial charge in [0.05, 0.1) is 17.9 Å². The van der Waals surface area contributed by atoms with Crippen LogP contribution in [0.4, 0.5) is 0 Å². The normalized spacial score (nSPS) is 13.5. The lowest BCUT2D eigenvalue weighted by atomic mass is 9.93. The number of aliphatic carboxylic acids is 2. The van der Waals surface area contributed by atoms with Gasteiger partial charge in [0.2, 0.25) is 10.0 Å². The van der Waals surface area contributed by atoms with Crippen molar-refractivity contribution in [2.24, 2.45) is 5.92 Å². The van der Waals surface area contributed by atoms with E-state index in [1.165, 1.54) is 31.4 Å². The molecule has 0 aliphatic carbocycles. The van der Waals surface area contributed by atoms with Crippen molar-refractivity contribution in [1.82, 2.24) is 4.72 Å². The van der Waals surface area contributed by atoms with Crippen molar-refractivity contribution in [3.8, 4) is 5.75 Å². The van der Waals surface area contributed by atoms with Gasteiger partial charge >= 0.3 is 11.9 Å². The third-order valence-electron chi connectivity index (χ3n) is 3.94. The van der Waals surface area contributed by atoms with Gasteiger partial charge in [0, 0.05) is 0 Å². The molecular formula is C18H19NO7S. The van der Waals surface area contributed by atoms with Crippen LogP contribution in [-0.4, -0.2) is 43.7 Å². The van der Waals surface area contributed by atoms with Gasteiger partial charge in [-0.1, -0.05) is 30.3 Å². The van der Waals surface area contributed by atoms with Crippen LogP contribution in [0, 0.1) is 5.92 Å². The second-order valence-electron chi connectivity index (χ2n) is 5.75. The van der Waals surface area contributed by atoms with Crippen LogP contribution >= 0.6 is 0 Å². The van der Waals surface area contributed by atoms with Gasteiger partial charge in [-0.15, -0.1) is 0 Å². The Bertz CT molecular complexity index is 895. The van der Waals surface area contributed by atoms with E-state index < -0.39 is 33.9 Å². The Labute approximate surface area is 156 Å². The standard InChI is InChI=1S/C18H19NO7S/c1-26-13-7-9-14(10-8-13)27(24,25)19-16(18(22)23)15(17(20)21)11-12-5-3-2-4-6-12/h2-10,15-16,19H,11H2,1H3,(H,20,21)(H,22,23)/t15?,16-/m0/s1. The number of benzene rings is 2. The van der Waals surface area contributed by atoms with Crippen LogP contribution in [-0.2, 0) is 26.0 Å². The summed E-state index contributed by atoms with van der Waals surface area (Å²) in [4.78, 5) is 23.1. The van der Waals surface area contributed by atoms with Gasteiger partial charge in [-0.3, -0.25) is 9.59 Å². The molecule has 9 heteroatoms. The number of methoxy groups -OCH3 is 1. The number of ether oxygens (including phenoxy) is 1. The lowest BCUT2D eigenvalue weighted by Gasteiger charge is -2.21. The summed E-state index contributed by atoms with van der Waals surface area (Å²) in [5, 5.41) is 18.9. The fraction of sp³-hybridized carbons (Fsp3) is 0.222. The lowest BCUT2D eigenvalue weighted by molar-refractivity contribution is -0.150. The van der Waals surface area contributed by atoms with Crippen LogP contribution in [0.1, 0.15) is 5.56 Å². The lowest BCUT2D eigenvalue weighted by Crippen LogP contribution is -2.49. The Kier molecular flexibility index (Phi) is 6.54. The Morgan fingerprint density at radius 1 is 1.00 bits per heavy atom. The second-order valence-corrected chi connectivity index (χ2v) is 7.46. The minimum absolute atomic E-state index is 0.141. The third-order valence-corrected chi connectivity index (χ3v) is 5.39. The summed E-state index contributed by atoms with van der Waals surface area (Å²) >= 11 is 0. The molecule has 2 aromatic carbocycles. The molecule has 3 N–H and O–H groups in total. The van der Waals surface area contributed by atoms with E-state index in [2.05, 4.69) is 0 Å². The minimum atomic E-state index is -4.25. The van der Waals surface area contributed by atoms with Gasteiger partial charge in [-0.2, -0.15) is 4.72 Å². The van der Waals surface area contributed by atoms with Crippen molar-refractivity contribution in [2.75, 3.05) is 7.11 Å². The van der Waals surface area contributed by atoms with Crippen LogP contribution in [0.5, 0.6) is 5.75 Å². The number of carbonyl (C=O) groups is 2. The summed E-state index contributed by atoms with van der Waals surface area (Å²) in [6.45, 7) is 0. The molecule has 2 atom stereocenters. The van der Waals surface area contributed by atoms with Crippen molar-refractivity contribution in [3.05, 3.63) is 60.2 Å². The van der Waals surface area contributed by atoms with Crippen LogP contribution in [0.25, 0.3) is 0 Å². The van der Waals surface area contributed by atoms with Gasteiger partial charge in [0.1, 0.15) is 11.8 Å². The molecule has 0 aromatic heterocycles. The monoisotopic (exact) mass is 393 g/mol. The minimum Gasteiger partial charge on any atom is -0.497 e. The number of rotatable bonds is 9. The zero-order chi connectivity index (χ0) is 20.0. The zero-order valence-electron chi connectivity index (χ0n) is 14.4. The number of carboxylic acid groups (broad SMARTS) is 2. The molecule has 0 fully saturated rings. The average molecular weight is 393 g/mol. The van der Waals surface area contributed by atoms with Crippen LogP contribution < -0.4 is 9.46 Å². The highest BCUT2D eigenvalue weighted by Gasteiger charge is 2.37. The number of nitrogens with one attached hydrogen (secondary N) is 1. The van der Waals surface area contributed by atoms with Crippen molar-refractivity contribution < 1.29 is 33.0 Å². The quantitative estimate of drug-likeness (QED) is 0.586. The van der Waals surface area contributed by atoms with Crippen molar-refractivity contribution in [2.45, 2.75) is 17.4 Å². The van der Waals surface area contributed by atoms with Crippen LogP contribution in [0.15, 0.2) is 59.5 Å². The predicted molar refractivity (Wildman–Crippen MR) is 96.0 cm³/mol. The van der Waals surface area contributed by atoms with E-state index in [9.17, 15) is 28.2 Å². The number of hydrogen-bond donors (Lipinski definition) is 3. The van der Waals surface area contributed by atoms with Gasteiger partial charge < -0.3 is 14.9 Å². The maximum Gasteiger partial charge on any atom is 0.322 e. The first-order valence-electron chi connectivity index (χ1n) is 7.90. The Morgan fingerprint density at radius 2 is 1.59 bits per heavy atom.